The van der Waals surface area contributed by atoms with Gasteiger partial charge >= 0.3 is 0 Å². The van der Waals surface area contributed by atoms with Gasteiger partial charge in [0.2, 0.25) is 0 Å². The first-order valence-corrected chi connectivity index (χ1v) is 8.68. The molecule has 5 atom stereocenters. The van der Waals surface area contributed by atoms with Crippen molar-refractivity contribution < 1.29 is 9.84 Å². The average Bonchev–Trinajstić information content (AvgIpc) is 2.66. The normalized spacial score (nSPS) is 30.2. The molecule has 126 valence electrons. The van der Waals surface area contributed by atoms with Gasteiger partial charge < -0.3 is 9.84 Å². The highest BCUT2D eigenvalue weighted by Gasteiger charge is 2.42. The molecule has 4 heterocycles. The van der Waals surface area contributed by atoms with E-state index in [2.05, 4.69) is 22.5 Å². The molecule has 3 aliphatic heterocycles. The van der Waals surface area contributed by atoms with Crippen LogP contribution in [-0.2, 0) is 0 Å². The summed E-state index contributed by atoms with van der Waals surface area (Å²) < 4.78 is 5.35. The molecule has 2 unspecified atom stereocenters. The number of hydrogen-bond acceptors (Lipinski definition) is 4. The molecule has 3 saturated heterocycles. The zero-order valence-corrected chi connectivity index (χ0v) is 14.1. The Morgan fingerprint density at radius 2 is 2.29 bits per heavy atom. The second-order valence-electron chi connectivity index (χ2n) is 6.97. The van der Waals surface area contributed by atoms with Crippen molar-refractivity contribution in [1.82, 2.24) is 9.88 Å². The number of methoxy groups -OCH3 is 1. The van der Waals surface area contributed by atoms with Crippen LogP contribution in [0.4, 0.5) is 0 Å². The van der Waals surface area contributed by atoms with Crippen LogP contribution in [-0.4, -0.2) is 41.2 Å². The fraction of sp³-hybridized carbons (Fsp3) is 0.450. The van der Waals surface area contributed by atoms with E-state index in [0.29, 0.717) is 11.8 Å². The lowest BCUT2D eigenvalue weighted by molar-refractivity contribution is -0.0444. The largest absolute Gasteiger partial charge is 0.497 e. The average molecular weight is 324 g/mol. The van der Waals surface area contributed by atoms with Crippen LogP contribution < -0.4 is 4.74 Å². The quantitative estimate of drug-likeness (QED) is 0.878. The maximum atomic E-state index is 11.2. The van der Waals surface area contributed by atoms with E-state index in [-0.39, 0.29) is 6.04 Å². The Bertz CT molecular complexity index is 760. The summed E-state index contributed by atoms with van der Waals surface area (Å²) in [6.07, 6.45) is 5.62. The van der Waals surface area contributed by atoms with Gasteiger partial charge in [0, 0.05) is 24.2 Å². The third-order valence-corrected chi connectivity index (χ3v) is 5.82. The number of benzene rings is 1. The minimum absolute atomic E-state index is 0.178. The third-order valence-electron chi connectivity index (χ3n) is 5.82. The molecule has 3 fully saturated rings. The van der Waals surface area contributed by atoms with Gasteiger partial charge in [-0.15, -0.1) is 6.58 Å². The van der Waals surface area contributed by atoms with E-state index in [4.69, 9.17) is 4.74 Å². The summed E-state index contributed by atoms with van der Waals surface area (Å²) in [5, 5.41) is 12.1. The summed E-state index contributed by atoms with van der Waals surface area (Å²) in [6.45, 7) is 6.07. The van der Waals surface area contributed by atoms with Crippen LogP contribution in [0.15, 0.2) is 43.1 Å². The maximum absolute atomic E-state index is 11.2. The molecule has 0 saturated carbocycles. The number of rotatable bonds is 4. The minimum atomic E-state index is -0.504. The third kappa shape index (κ3) is 2.50. The number of hydrogen-bond donors (Lipinski definition) is 1. The molecule has 2 bridgehead atoms. The monoisotopic (exact) mass is 324 g/mol. The van der Waals surface area contributed by atoms with Gasteiger partial charge in [0.05, 0.1) is 18.7 Å². The number of piperidine rings is 3. The Balaban J connectivity index is 1.69. The molecule has 4 nitrogen and oxygen atoms in total. The topological polar surface area (TPSA) is 45.6 Å². The van der Waals surface area contributed by atoms with Crippen molar-refractivity contribution >= 4 is 10.9 Å². The zero-order chi connectivity index (χ0) is 16.7. The van der Waals surface area contributed by atoms with Crippen molar-refractivity contribution in [1.29, 1.82) is 0 Å². The molecule has 0 aliphatic carbocycles. The molecule has 3 aliphatic rings. The summed E-state index contributed by atoms with van der Waals surface area (Å²) in [4.78, 5) is 6.86. The van der Waals surface area contributed by atoms with Crippen molar-refractivity contribution in [3.05, 3.63) is 48.7 Å². The SMILES string of the molecule is C=C[C@@H]1CN2CC[C@@H]1CC2[C@@H](O)c1ccnc2ccc(OC)cc12. The lowest BCUT2D eigenvalue weighted by atomic mass is 9.73. The Kier molecular flexibility index (Phi) is 4.02. The first kappa shape index (κ1) is 15.6. The molecule has 1 N–H and O–H groups in total. The summed E-state index contributed by atoms with van der Waals surface area (Å²) in [6, 6.07) is 7.96. The highest BCUT2D eigenvalue weighted by atomic mass is 16.5. The Labute approximate surface area is 142 Å². The lowest BCUT2D eigenvalue weighted by Gasteiger charge is -2.50. The fourth-order valence-electron chi connectivity index (χ4n) is 4.44. The van der Waals surface area contributed by atoms with Crippen molar-refractivity contribution in [3.63, 3.8) is 0 Å². The van der Waals surface area contributed by atoms with E-state index < -0.39 is 6.10 Å². The van der Waals surface area contributed by atoms with Gasteiger partial charge in [-0.3, -0.25) is 9.88 Å². The molecular formula is C20H24N2O2. The molecule has 1 aromatic heterocycles. The number of pyridine rings is 1. The van der Waals surface area contributed by atoms with Gasteiger partial charge in [0.1, 0.15) is 5.75 Å². The van der Waals surface area contributed by atoms with Gasteiger partial charge in [-0.1, -0.05) is 6.08 Å². The van der Waals surface area contributed by atoms with Gasteiger partial charge in [-0.25, -0.2) is 0 Å². The highest BCUT2D eigenvalue weighted by Crippen LogP contribution is 2.42. The number of aliphatic hydroxyl groups excluding tert-OH is 1. The molecule has 24 heavy (non-hydrogen) atoms. The molecule has 1 aromatic carbocycles. The first-order valence-electron chi connectivity index (χ1n) is 8.68. The Morgan fingerprint density at radius 1 is 1.42 bits per heavy atom. The van der Waals surface area contributed by atoms with Crippen LogP contribution in [0, 0.1) is 11.8 Å². The number of fused-ring (bicyclic) bond motifs is 4. The standard InChI is InChI=1S/C20H24N2O2/c1-3-13-12-22-9-7-14(13)10-19(22)20(23)16-6-8-21-18-5-4-15(24-2)11-17(16)18/h3-6,8,11,13-14,19-20,23H,1,7,9-10,12H2,2H3/t13-,14-,19?,20+/m1/s1. The summed E-state index contributed by atoms with van der Waals surface area (Å²) >= 11 is 0. The van der Waals surface area contributed by atoms with Crippen LogP contribution >= 0.6 is 0 Å². The molecular weight excluding hydrogens is 300 g/mol. The number of aliphatic hydroxyl groups is 1. The first-order chi connectivity index (χ1) is 11.7. The van der Waals surface area contributed by atoms with Crippen molar-refractivity contribution in [2.45, 2.75) is 25.0 Å². The lowest BCUT2D eigenvalue weighted by Crippen LogP contribution is -2.54. The number of aromatic nitrogens is 1. The van der Waals surface area contributed by atoms with Gasteiger partial charge in [0.25, 0.3) is 0 Å². The molecule has 0 spiro atoms. The van der Waals surface area contributed by atoms with Gasteiger partial charge in [-0.2, -0.15) is 0 Å². The number of ether oxygens (including phenoxy) is 1. The van der Waals surface area contributed by atoms with E-state index in [1.165, 1.54) is 6.42 Å². The fourth-order valence-corrected chi connectivity index (χ4v) is 4.44. The Hall–Kier alpha value is -1.91. The van der Waals surface area contributed by atoms with E-state index in [9.17, 15) is 5.11 Å². The van der Waals surface area contributed by atoms with Crippen LogP contribution in [0.5, 0.6) is 5.75 Å². The summed E-state index contributed by atoms with van der Waals surface area (Å²) in [5.41, 5.74) is 1.85. The van der Waals surface area contributed by atoms with Crippen molar-refractivity contribution in [2.75, 3.05) is 20.2 Å². The van der Waals surface area contributed by atoms with Crippen LogP contribution in [0.1, 0.15) is 24.5 Å². The number of nitrogens with zero attached hydrogens (tertiary/aromatic N) is 2. The second kappa shape index (κ2) is 6.19. The molecule has 0 amide bonds. The van der Waals surface area contributed by atoms with Crippen LogP contribution in [0.25, 0.3) is 10.9 Å². The highest BCUT2D eigenvalue weighted by molar-refractivity contribution is 5.83. The van der Waals surface area contributed by atoms with E-state index in [1.807, 2.05) is 24.3 Å². The van der Waals surface area contributed by atoms with Crippen LogP contribution in [0.2, 0.25) is 0 Å². The van der Waals surface area contributed by atoms with E-state index >= 15 is 0 Å². The van der Waals surface area contributed by atoms with Crippen LogP contribution in [0.3, 0.4) is 0 Å². The summed E-state index contributed by atoms with van der Waals surface area (Å²) in [5.74, 6) is 2.01. The van der Waals surface area contributed by atoms with Gasteiger partial charge in [0.15, 0.2) is 0 Å². The predicted molar refractivity (Wildman–Crippen MR) is 95.0 cm³/mol. The summed E-state index contributed by atoms with van der Waals surface area (Å²) in [7, 11) is 1.66. The zero-order valence-electron chi connectivity index (χ0n) is 14.1. The minimum Gasteiger partial charge on any atom is -0.497 e. The molecule has 5 rings (SSSR count). The second-order valence-corrected chi connectivity index (χ2v) is 6.97. The van der Waals surface area contributed by atoms with Gasteiger partial charge in [-0.05, 0) is 61.1 Å². The maximum Gasteiger partial charge on any atom is 0.119 e. The van der Waals surface area contributed by atoms with Crippen molar-refractivity contribution in [2.24, 2.45) is 11.8 Å². The van der Waals surface area contributed by atoms with E-state index in [0.717, 1.165) is 41.7 Å². The predicted octanol–water partition coefficient (Wildman–Crippen LogP) is 3.17. The molecule has 4 heteroatoms. The smallest absolute Gasteiger partial charge is 0.119 e. The molecule has 0 radical (unpaired) electrons. The van der Waals surface area contributed by atoms with Crippen molar-refractivity contribution in [3.8, 4) is 5.75 Å². The molecule has 2 aromatic rings. The Morgan fingerprint density at radius 3 is 3.00 bits per heavy atom. The van der Waals surface area contributed by atoms with E-state index in [1.54, 1.807) is 13.3 Å².